The topological polar surface area (TPSA) is 82.6 Å². The zero-order valence-corrected chi connectivity index (χ0v) is 20.0. The van der Waals surface area contributed by atoms with E-state index in [1.165, 1.54) is 20.2 Å². The number of anilines is 1. The number of amides is 1. The van der Waals surface area contributed by atoms with Gasteiger partial charge in [-0.05, 0) is 62.4 Å². The Morgan fingerprint density at radius 3 is 2.59 bits per heavy atom. The molecule has 2 atom stereocenters. The quantitative estimate of drug-likeness (QED) is 0.609. The summed E-state index contributed by atoms with van der Waals surface area (Å²) in [6.07, 6.45) is 9.22. The minimum Gasteiger partial charge on any atom is -0.385 e. The van der Waals surface area contributed by atoms with E-state index in [1.807, 2.05) is 25.1 Å². The third-order valence-corrected chi connectivity index (χ3v) is 7.71. The molecular formula is C24H32N4O3S. The van der Waals surface area contributed by atoms with Crippen LogP contribution < -0.4 is 5.32 Å². The highest BCUT2D eigenvalue weighted by atomic mass is 32.2. The minimum absolute atomic E-state index is 0.0956. The largest absolute Gasteiger partial charge is 0.385 e. The van der Waals surface area contributed by atoms with E-state index in [0.717, 1.165) is 35.8 Å². The van der Waals surface area contributed by atoms with Crippen LogP contribution >= 0.6 is 0 Å². The van der Waals surface area contributed by atoms with Crippen LogP contribution in [-0.2, 0) is 10.0 Å². The number of aromatic nitrogens is 1. The van der Waals surface area contributed by atoms with E-state index >= 15 is 0 Å². The van der Waals surface area contributed by atoms with Gasteiger partial charge in [0, 0.05) is 45.1 Å². The van der Waals surface area contributed by atoms with Gasteiger partial charge >= 0.3 is 0 Å². The fourth-order valence-corrected chi connectivity index (χ4v) is 4.66. The molecule has 172 valence electrons. The summed E-state index contributed by atoms with van der Waals surface area (Å²) in [6.45, 7) is 2.63. The molecule has 1 aromatic heterocycles. The van der Waals surface area contributed by atoms with Crippen molar-refractivity contribution in [2.24, 2.45) is 5.92 Å². The Bertz CT molecular complexity index is 1070. The maximum Gasteiger partial charge on any atom is 0.254 e. The Labute approximate surface area is 191 Å². The molecule has 1 N–H and O–H groups in total. The fourth-order valence-electron chi connectivity index (χ4n) is 3.69. The number of nitrogens with one attached hydrogen (secondary N) is 1. The molecule has 1 aromatic carbocycles. The number of hydrogen-bond acceptors (Lipinski definition) is 5. The van der Waals surface area contributed by atoms with Crippen LogP contribution in [0, 0.1) is 5.92 Å². The molecular weight excluding hydrogens is 424 g/mol. The summed E-state index contributed by atoms with van der Waals surface area (Å²) in [6, 6.07) is 10.1. The predicted molar refractivity (Wildman–Crippen MR) is 127 cm³/mol. The second-order valence-corrected chi connectivity index (χ2v) is 10.6. The van der Waals surface area contributed by atoms with Crippen molar-refractivity contribution >= 4 is 21.6 Å². The first-order valence-corrected chi connectivity index (χ1v) is 12.3. The Hall–Kier alpha value is -2.71. The SMILES string of the molecule is C[C@@H](c1ccccn1)N(C)C(=O)c1cc(NC[C@H]2CC=CCC2)cc(S(=O)(=O)N(C)C)c1. The molecule has 7 nitrogen and oxygen atoms in total. The van der Waals surface area contributed by atoms with E-state index in [-0.39, 0.29) is 16.8 Å². The van der Waals surface area contributed by atoms with Crippen molar-refractivity contribution in [2.45, 2.75) is 37.1 Å². The summed E-state index contributed by atoms with van der Waals surface area (Å²) < 4.78 is 26.8. The van der Waals surface area contributed by atoms with Gasteiger partial charge in [-0.15, -0.1) is 0 Å². The molecule has 3 rings (SSSR count). The lowest BCUT2D eigenvalue weighted by Crippen LogP contribution is -2.30. The first-order chi connectivity index (χ1) is 15.2. The van der Waals surface area contributed by atoms with Crippen LogP contribution in [-0.4, -0.2) is 56.2 Å². The standard InChI is InChI=1S/C24H32N4O3S/c1-18(23-12-8-9-13-25-23)28(4)24(29)20-14-21(26-17-19-10-6-5-7-11-19)16-22(15-20)32(30,31)27(2)3/h5-6,8-9,12-16,18-19,26H,7,10-11,17H2,1-4H3/t18-,19-/m0/s1. The highest BCUT2D eigenvalue weighted by Crippen LogP contribution is 2.26. The molecule has 0 fully saturated rings. The summed E-state index contributed by atoms with van der Waals surface area (Å²) in [5.74, 6) is 0.225. The molecule has 0 unspecified atom stereocenters. The van der Waals surface area contributed by atoms with E-state index in [2.05, 4.69) is 22.5 Å². The van der Waals surface area contributed by atoms with Crippen LogP contribution in [0.5, 0.6) is 0 Å². The molecule has 0 aliphatic heterocycles. The maximum absolute atomic E-state index is 13.3. The molecule has 32 heavy (non-hydrogen) atoms. The maximum atomic E-state index is 13.3. The van der Waals surface area contributed by atoms with Crippen molar-refractivity contribution in [1.29, 1.82) is 0 Å². The van der Waals surface area contributed by atoms with Gasteiger partial charge in [0.1, 0.15) is 0 Å². The van der Waals surface area contributed by atoms with Gasteiger partial charge in [0.2, 0.25) is 10.0 Å². The number of allylic oxidation sites excluding steroid dienone is 2. The average molecular weight is 457 g/mol. The Kier molecular flexibility index (Phi) is 7.69. The van der Waals surface area contributed by atoms with E-state index in [4.69, 9.17) is 0 Å². The van der Waals surface area contributed by atoms with Gasteiger partial charge in [-0.3, -0.25) is 9.78 Å². The summed E-state index contributed by atoms with van der Waals surface area (Å²) in [7, 11) is 0.980. The number of pyridine rings is 1. The highest BCUT2D eigenvalue weighted by Gasteiger charge is 2.24. The fraction of sp³-hybridized carbons (Fsp3) is 0.417. The zero-order chi connectivity index (χ0) is 23.3. The molecule has 0 saturated heterocycles. The first-order valence-electron chi connectivity index (χ1n) is 10.8. The zero-order valence-electron chi connectivity index (χ0n) is 19.2. The van der Waals surface area contributed by atoms with Gasteiger partial charge < -0.3 is 10.2 Å². The lowest BCUT2D eigenvalue weighted by molar-refractivity contribution is 0.0739. The lowest BCUT2D eigenvalue weighted by Gasteiger charge is -2.25. The number of rotatable bonds is 8. The van der Waals surface area contributed by atoms with Crippen LogP contribution in [0.2, 0.25) is 0 Å². The van der Waals surface area contributed by atoms with E-state index in [9.17, 15) is 13.2 Å². The summed E-state index contributed by atoms with van der Waals surface area (Å²) in [5, 5.41) is 3.36. The van der Waals surface area contributed by atoms with Gasteiger partial charge in [-0.2, -0.15) is 0 Å². The molecule has 2 aromatic rings. The summed E-state index contributed by atoms with van der Waals surface area (Å²) >= 11 is 0. The van der Waals surface area contributed by atoms with E-state index in [0.29, 0.717) is 17.2 Å². The van der Waals surface area contributed by atoms with Crippen LogP contribution in [0.15, 0.2) is 59.6 Å². The molecule has 0 radical (unpaired) electrons. The third kappa shape index (κ3) is 5.55. The van der Waals surface area contributed by atoms with Crippen LogP contribution in [0.3, 0.4) is 0 Å². The Morgan fingerprint density at radius 1 is 1.19 bits per heavy atom. The number of benzene rings is 1. The van der Waals surface area contributed by atoms with Gasteiger partial charge in [-0.1, -0.05) is 18.2 Å². The lowest BCUT2D eigenvalue weighted by atomic mass is 9.94. The van der Waals surface area contributed by atoms with Crippen molar-refractivity contribution in [1.82, 2.24) is 14.2 Å². The molecule has 1 aliphatic carbocycles. The van der Waals surface area contributed by atoms with Gasteiger partial charge in [-0.25, -0.2) is 12.7 Å². The number of sulfonamides is 1. The number of nitrogens with zero attached hydrogens (tertiary/aromatic N) is 3. The second kappa shape index (κ2) is 10.3. The number of carbonyl (C=O) groups is 1. The summed E-state index contributed by atoms with van der Waals surface area (Å²) in [4.78, 5) is 19.3. The molecule has 1 aliphatic rings. The van der Waals surface area contributed by atoms with Crippen molar-refractivity contribution in [3.8, 4) is 0 Å². The van der Waals surface area contributed by atoms with E-state index in [1.54, 1.807) is 30.3 Å². The first kappa shape index (κ1) is 23.9. The molecule has 1 amide bonds. The van der Waals surface area contributed by atoms with Crippen molar-refractivity contribution in [3.63, 3.8) is 0 Å². The van der Waals surface area contributed by atoms with Crippen molar-refractivity contribution in [3.05, 3.63) is 66.0 Å². The molecule has 0 spiro atoms. The molecule has 1 heterocycles. The summed E-state index contributed by atoms with van der Waals surface area (Å²) in [5.41, 5.74) is 1.72. The van der Waals surface area contributed by atoms with Gasteiger partial charge in [0.25, 0.3) is 5.91 Å². The van der Waals surface area contributed by atoms with Crippen LogP contribution in [0.1, 0.15) is 48.3 Å². The monoisotopic (exact) mass is 456 g/mol. The highest BCUT2D eigenvalue weighted by molar-refractivity contribution is 7.89. The number of carbonyl (C=O) groups excluding carboxylic acids is 1. The van der Waals surface area contributed by atoms with Crippen LogP contribution in [0.4, 0.5) is 5.69 Å². The third-order valence-electron chi connectivity index (χ3n) is 5.92. The second-order valence-electron chi connectivity index (χ2n) is 8.41. The van der Waals surface area contributed by atoms with E-state index < -0.39 is 10.0 Å². The Morgan fingerprint density at radius 2 is 1.97 bits per heavy atom. The van der Waals surface area contributed by atoms with Gasteiger partial charge in [0.15, 0.2) is 0 Å². The smallest absolute Gasteiger partial charge is 0.254 e. The minimum atomic E-state index is -3.70. The Balaban J connectivity index is 1.90. The van der Waals surface area contributed by atoms with Gasteiger partial charge in [0.05, 0.1) is 16.6 Å². The average Bonchev–Trinajstić information content (AvgIpc) is 2.82. The molecule has 0 saturated carbocycles. The van der Waals surface area contributed by atoms with Crippen molar-refractivity contribution < 1.29 is 13.2 Å². The van der Waals surface area contributed by atoms with Crippen LogP contribution in [0.25, 0.3) is 0 Å². The molecule has 8 heteroatoms. The van der Waals surface area contributed by atoms with Crippen molar-refractivity contribution in [2.75, 3.05) is 33.0 Å². The molecule has 0 bridgehead atoms. The number of hydrogen-bond donors (Lipinski definition) is 1. The predicted octanol–water partition coefficient (Wildman–Crippen LogP) is 3.93. The normalized spacial score (nSPS) is 17.2.